The van der Waals surface area contributed by atoms with Gasteiger partial charge in [0.15, 0.2) is 0 Å². The lowest BCUT2D eigenvalue weighted by atomic mass is 10.1. The first-order valence-electron chi connectivity index (χ1n) is 6.84. The SMILES string of the molecule is CCCCCCCCCC[N+](O)(O)C(C)C.[Br-]. The monoisotopic (exact) mass is 311 g/mol. The fraction of sp³-hybridized carbons (Fsp3) is 1.00. The third kappa shape index (κ3) is 11.2. The van der Waals surface area contributed by atoms with Gasteiger partial charge in [-0.3, -0.25) is 0 Å². The maximum Gasteiger partial charge on any atom is 0.146 e. The van der Waals surface area contributed by atoms with Crippen LogP contribution in [0, 0.1) is 0 Å². The van der Waals surface area contributed by atoms with Crippen LogP contribution in [0.5, 0.6) is 0 Å². The van der Waals surface area contributed by atoms with E-state index in [2.05, 4.69) is 6.92 Å². The summed E-state index contributed by atoms with van der Waals surface area (Å²) in [6.45, 7) is 6.33. The molecule has 0 radical (unpaired) electrons. The molecule has 2 N–H and O–H groups in total. The van der Waals surface area contributed by atoms with Crippen LogP contribution in [-0.4, -0.2) is 27.8 Å². The molecule has 0 aliphatic carbocycles. The largest absolute Gasteiger partial charge is 1.00 e. The third-order valence-corrected chi connectivity index (χ3v) is 3.17. The third-order valence-electron chi connectivity index (χ3n) is 3.17. The van der Waals surface area contributed by atoms with Gasteiger partial charge in [0.05, 0.1) is 0 Å². The molecule has 0 amide bonds. The van der Waals surface area contributed by atoms with E-state index in [1.54, 1.807) is 0 Å². The Morgan fingerprint density at radius 3 is 1.65 bits per heavy atom. The highest BCUT2D eigenvalue weighted by Gasteiger charge is 2.26. The minimum atomic E-state index is -0.824. The second-order valence-corrected chi connectivity index (χ2v) is 5.08. The first kappa shape index (κ1) is 19.7. The summed E-state index contributed by atoms with van der Waals surface area (Å²) in [7, 11) is 0. The summed E-state index contributed by atoms with van der Waals surface area (Å²) in [6.07, 6.45) is 9.85. The van der Waals surface area contributed by atoms with Crippen molar-refractivity contribution in [1.82, 2.24) is 0 Å². The van der Waals surface area contributed by atoms with Crippen molar-refractivity contribution in [2.75, 3.05) is 6.54 Å². The van der Waals surface area contributed by atoms with Crippen LogP contribution in [0.3, 0.4) is 0 Å². The molecule has 3 nitrogen and oxygen atoms in total. The van der Waals surface area contributed by atoms with Crippen LogP contribution in [0.4, 0.5) is 0 Å². The Balaban J connectivity index is 0. The van der Waals surface area contributed by atoms with Crippen molar-refractivity contribution < 1.29 is 32.2 Å². The van der Waals surface area contributed by atoms with E-state index in [0.717, 1.165) is 12.8 Å². The van der Waals surface area contributed by atoms with Gasteiger partial charge < -0.3 is 17.0 Å². The Labute approximate surface area is 117 Å². The molecule has 0 aliphatic heterocycles. The number of halogens is 1. The molecule has 0 aromatic heterocycles. The number of rotatable bonds is 10. The van der Waals surface area contributed by atoms with Crippen molar-refractivity contribution in [3.05, 3.63) is 0 Å². The molecule has 0 spiro atoms. The van der Waals surface area contributed by atoms with E-state index < -0.39 is 4.81 Å². The van der Waals surface area contributed by atoms with Crippen LogP contribution in [0.1, 0.15) is 72.1 Å². The molecule has 0 fully saturated rings. The Kier molecular flexibility index (Phi) is 13.3. The molecule has 17 heavy (non-hydrogen) atoms. The average molecular weight is 312 g/mol. The van der Waals surface area contributed by atoms with Gasteiger partial charge in [-0.15, -0.1) is 0 Å². The second kappa shape index (κ2) is 11.5. The van der Waals surface area contributed by atoms with Crippen LogP contribution in [-0.2, 0) is 0 Å². The van der Waals surface area contributed by atoms with E-state index in [0.29, 0.717) is 6.54 Å². The summed E-state index contributed by atoms with van der Waals surface area (Å²) in [5, 5.41) is 19.1. The topological polar surface area (TPSA) is 40.5 Å². The Hall–Kier alpha value is 0.360. The molecule has 0 aromatic rings. The van der Waals surface area contributed by atoms with E-state index in [4.69, 9.17) is 0 Å². The molecule has 4 heteroatoms. The minimum Gasteiger partial charge on any atom is -1.00 e. The summed E-state index contributed by atoms with van der Waals surface area (Å²) < 4.78 is 0. The van der Waals surface area contributed by atoms with Gasteiger partial charge in [-0.05, 0) is 25.1 Å². The first-order valence-corrected chi connectivity index (χ1v) is 6.84. The van der Waals surface area contributed by atoms with Crippen LogP contribution in [0.25, 0.3) is 0 Å². The van der Waals surface area contributed by atoms with Gasteiger partial charge in [-0.2, -0.15) is 10.4 Å². The highest BCUT2D eigenvalue weighted by atomic mass is 79.9. The number of hydrogen-bond acceptors (Lipinski definition) is 2. The predicted molar refractivity (Wildman–Crippen MR) is 66.4 cm³/mol. The Morgan fingerprint density at radius 1 is 0.824 bits per heavy atom. The van der Waals surface area contributed by atoms with Crippen LogP contribution < -0.4 is 17.0 Å². The van der Waals surface area contributed by atoms with Crippen LogP contribution in [0.15, 0.2) is 0 Å². The summed E-state index contributed by atoms with van der Waals surface area (Å²) in [5.41, 5.74) is 0. The zero-order valence-electron chi connectivity index (χ0n) is 11.7. The number of quaternary nitrogens is 1. The molecular weight excluding hydrogens is 282 g/mol. The predicted octanol–water partition coefficient (Wildman–Crippen LogP) is 1.13. The quantitative estimate of drug-likeness (QED) is 0.361. The molecule has 0 rings (SSSR count). The van der Waals surface area contributed by atoms with E-state index in [9.17, 15) is 10.4 Å². The zero-order valence-corrected chi connectivity index (χ0v) is 13.2. The fourth-order valence-electron chi connectivity index (χ4n) is 1.74. The molecule has 0 aromatic carbocycles. The summed E-state index contributed by atoms with van der Waals surface area (Å²) in [5.74, 6) is 0. The van der Waals surface area contributed by atoms with E-state index >= 15 is 0 Å². The highest BCUT2D eigenvalue weighted by molar-refractivity contribution is 4.45. The lowest BCUT2D eigenvalue weighted by molar-refractivity contribution is -1.26. The minimum absolute atomic E-state index is 0. The smallest absolute Gasteiger partial charge is 0.146 e. The van der Waals surface area contributed by atoms with E-state index in [-0.39, 0.29) is 23.0 Å². The van der Waals surface area contributed by atoms with Crippen molar-refractivity contribution in [2.24, 2.45) is 0 Å². The van der Waals surface area contributed by atoms with Gasteiger partial charge in [-0.25, -0.2) is 0 Å². The molecule has 106 valence electrons. The average Bonchev–Trinajstić information content (AvgIpc) is 2.21. The van der Waals surface area contributed by atoms with Crippen LogP contribution in [0.2, 0.25) is 0 Å². The second-order valence-electron chi connectivity index (χ2n) is 5.08. The number of nitrogens with zero attached hydrogens (tertiary/aromatic N) is 1. The fourth-order valence-corrected chi connectivity index (χ4v) is 1.74. The van der Waals surface area contributed by atoms with E-state index in [1.807, 2.05) is 13.8 Å². The van der Waals surface area contributed by atoms with Gasteiger partial charge in [0.1, 0.15) is 12.6 Å². The van der Waals surface area contributed by atoms with Gasteiger partial charge >= 0.3 is 0 Å². The summed E-state index contributed by atoms with van der Waals surface area (Å²) >= 11 is 0. The van der Waals surface area contributed by atoms with E-state index in [1.165, 1.54) is 38.5 Å². The Morgan fingerprint density at radius 2 is 1.24 bits per heavy atom. The highest BCUT2D eigenvalue weighted by Crippen LogP contribution is 2.11. The van der Waals surface area contributed by atoms with Gasteiger partial charge in [0.2, 0.25) is 0 Å². The summed E-state index contributed by atoms with van der Waals surface area (Å²) in [4.78, 5) is -0.824. The zero-order chi connectivity index (χ0) is 12.4. The number of unbranched alkanes of at least 4 members (excludes halogenated alkanes) is 7. The van der Waals surface area contributed by atoms with Crippen molar-refractivity contribution in [1.29, 1.82) is 0 Å². The number of hydrogen-bond donors (Lipinski definition) is 2. The van der Waals surface area contributed by atoms with Crippen LogP contribution >= 0.6 is 0 Å². The lowest BCUT2D eigenvalue weighted by Gasteiger charge is -2.25. The Bertz CT molecular complexity index is 163. The number of hydroxylamine groups is 4. The molecule has 0 heterocycles. The molecule has 0 aliphatic rings. The first-order chi connectivity index (χ1) is 7.50. The van der Waals surface area contributed by atoms with Crippen molar-refractivity contribution in [3.63, 3.8) is 0 Å². The summed E-state index contributed by atoms with van der Waals surface area (Å²) in [6, 6.07) is -0.135. The standard InChI is InChI=1S/C13H30NO2.BrH/c1-4-5-6-7-8-9-10-11-12-14(15,16)13(2)3;/h13,15-16H,4-12H2,1-3H3;1H/q+1;/p-1. The normalized spacial score (nSPS) is 11.6. The maximum atomic E-state index is 9.56. The molecular formula is C13H30BrNO2. The van der Waals surface area contributed by atoms with Crippen molar-refractivity contribution in [3.8, 4) is 0 Å². The maximum absolute atomic E-state index is 9.56. The van der Waals surface area contributed by atoms with Gasteiger partial charge in [0, 0.05) is 6.42 Å². The molecule has 0 atom stereocenters. The van der Waals surface area contributed by atoms with Crippen molar-refractivity contribution in [2.45, 2.75) is 78.2 Å². The molecule has 0 saturated carbocycles. The lowest BCUT2D eigenvalue weighted by Crippen LogP contribution is -3.00. The van der Waals surface area contributed by atoms with Gasteiger partial charge in [0.25, 0.3) is 0 Å². The van der Waals surface area contributed by atoms with Crippen molar-refractivity contribution >= 4 is 0 Å². The van der Waals surface area contributed by atoms with Gasteiger partial charge in [-0.1, -0.05) is 45.4 Å². The molecule has 0 bridgehead atoms. The molecule has 0 saturated heterocycles. The molecule has 0 unspecified atom stereocenters.